The standard InChI is InChI=1S/C22H30N6O3/c1-14(2)22(3,30)12-31-16-6-4-15(5-7-16)25-20(29)19-18-17(8-9-24-18)26-21(27-19)28-11-10-23-13-28/h8-11,13-16,24,30H,4-7,12H2,1-3H3,(H,25,29). The van der Waals surface area contributed by atoms with Gasteiger partial charge in [-0.3, -0.25) is 9.36 Å². The van der Waals surface area contributed by atoms with Crippen LogP contribution in [-0.2, 0) is 4.74 Å². The van der Waals surface area contributed by atoms with Crippen molar-refractivity contribution >= 4 is 16.9 Å². The summed E-state index contributed by atoms with van der Waals surface area (Å²) < 4.78 is 7.63. The molecule has 0 radical (unpaired) electrons. The summed E-state index contributed by atoms with van der Waals surface area (Å²) in [5.74, 6) is 0.320. The first-order valence-electron chi connectivity index (χ1n) is 10.8. The number of nitrogens with one attached hydrogen (secondary N) is 2. The van der Waals surface area contributed by atoms with Crippen LogP contribution in [0.1, 0.15) is 56.9 Å². The number of imidazole rings is 1. The molecule has 1 atom stereocenters. The van der Waals surface area contributed by atoms with Gasteiger partial charge in [0.05, 0.1) is 29.3 Å². The number of rotatable bonds is 7. The molecule has 9 nitrogen and oxygen atoms in total. The molecule has 0 aliphatic heterocycles. The smallest absolute Gasteiger partial charge is 0.272 e. The minimum Gasteiger partial charge on any atom is -0.388 e. The van der Waals surface area contributed by atoms with Crippen LogP contribution in [0.5, 0.6) is 0 Å². The first kappa shape index (κ1) is 21.5. The van der Waals surface area contributed by atoms with E-state index in [4.69, 9.17) is 4.74 Å². The van der Waals surface area contributed by atoms with Crippen molar-refractivity contribution in [3.8, 4) is 5.95 Å². The Balaban J connectivity index is 1.39. The fourth-order valence-corrected chi connectivity index (χ4v) is 3.67. The molecule has 9 heteroatoms. The molecule has 0 saturated heterocycles. The number of carbonyl (C=O) groups is 1. The summed E-state index contributed by atoms with van der Waals surface area (Å²) >= 11 is 0. The summed E-state index contributed by atoms with van der Waals surface area (Å²) in [6, 6.07) is 1.89. The van der Waals surface area contributed by atoms with Gasteiger partial charge in [-0.1, -0.05) is 13.8 Å². The normalized spacial score (nSPS) is 21.3. The quantitative estimate of drug-likeness (QED) is 0.534. The molecule has 3 heterocycles. The Hall–Kier alpha value is -2.78. The van der Waals surface area contributed by atoms with Crippen molar-refractivity contribution < 1.29 is 14.6 Å². The number of nitrogens with zero attached hydrogens (tertiary/aromatic N) is 4. The topological polar surface area (TPSA) is 118 Å². The van der Waals surface area contributed by atoms with Gasteiger partial charge in [0.2, 0.25) is 5.95 Å². The van der Waals surface area contributed by atoms with E-state index >= 15 is 0 Å². The lowest BCUT2D eigenvalue weighted by Crippen LogP contribution is -2.42. The number of H-pyrrole nitrogens is 1. The molecule has 1 fully saturated rings. The van der Waals surface area contributed by atoms with Gasteiger partial charge in [-0.2, -0.15) is 0 Å². The number of amides is 1. The minimum atomic E-state index is -0.827. The maximum absolute atomic E-state index is 13.0. The monoisotopic (exact) mass is 426 g/mol. The Morgan fingerprint density at radius 3 is 2.81 bits per heavy atom. The summed E-state index contributed by atoms with van der Waals surface area (Å²) in [7, 11) is 0. The number of aliphatic hydroxyl groups is 1. The molecule has 0 bridgehead atoms. The molecule has 3 N–H and O–H groups in total. The lowest BCUT2D eigenvalue weighted by atomic mass is 9.91. The first-order valence-corrected chi connectivity index (χ1v) is 10.8. The van der Waals surface area contributed by atoms with E-state index in [1.165, 1.54) is 0 Å². The van der Waals surface area contributed by atoms with Crippen LogP contribution in [0.2, 0.25) is 0 Å². The third kappa shape index (κ3) is 4.77. The second-order valence-electron chi connectivity index (χ2n) is 8.85. The fourth-order valence-electron chi connectivity index (χ4n) is 3.67. The van der Waals surface area contributed by atoms with Crippen molar-refractivity contribution in [1.29, 1.82) is 0 Å². The Labute approximate surface area is 181 Å². The van der Waals surface area contributed by atoms with Crippen LogP contribution in [0.25, 0.3) is 17.0 Å². The molecule has 1 aliphatic carbocycles. The van der Waals surface area contributed by atoms with E-state index in [2.05, 4.69) is 25.3 Å². The van der Waals surface area contributed by atoms with Gasteiger partial charge in [0.15, 0.2) is 5.69 Å². The van der Waals surface area contributed by atoms with E-state index in [-0.39, 0.29) is 24.0 Å². The molecule has 3 aromatic rings. The van der Waals surface area contributed by atoms with E-state index in [0.29, 0.717) is 29.3 Å². The van der Waals surface area contributed by atoms with Gasteiger partial charge < -0.3 is 20.1 Å². The Bertz CT molecular complexity index is 1020. The SMILES string of the molecule is CC(C)C(C)(O)COC1CCC(NC(=O)c2nc(-n3ccnc3)nc3cc[nH]c23)CC1. The van der Waals surface area contributed by atoms with E-state index in [1.54, 1.807) is 29.5 Å². The molecule has 0 aromatic carbocycles. The Morgan fingerprint density at radius 2 is 2.13 bits per heavy atom. The van der Waals surface area contributed by atoms with Gasteiger partial charge in [-0.15, -0.1) is 0 Å². The predicted octanol–water partition coefficient (Wildman–Crippen LogP) is 2.61. The molecule has 1 aliphatic rings. The molecule has 4 rings (SSSR count). The number of carbonyl (C=O) groups excluding carboxylic acids is 1. The van der Waals surface area contributed by atoms with Crippen LogP contribution in [0.3, 0.4) is 0 Å². The van der Waals surface area contributed by atoms with Gasteiger partial charge >= 0.3 is 0 Å². The zero-order valence-corrected chi connectivity index (χ0v) is 18.2. The second kappa shape index (κ2) is 8.76. The van der Waals surface area contributed by atoms with Crippen molar-refractivity contribution in [2.24, 2.45) is 5.92 Å². The first-order chi connectivity index (χ1) is 14.8. The number of aromatic amines is 1. The summed E-state index contributed by atoms with van der Waals surface area (Å²) in [6.07, 6.45) is 10.2. The number of fused-ring (bicyclic) bond motifs is 1. The highest BCUT2D eigenvalue weighted by molar-refractivity contribution is 6.03. The van der Waals surface area contributed by atoms with Crippen LogP contribution < -0.4 is 5.32 Å². The van der Waals surface area contributed by atoms with Gasteiger partial charge in [0.25, 0.3) is 5.91 Å². The van der Waals surface area contributed by atoms with Crippen LogP contribution in [0.4, 0.5) is 0 Å². The van der Waals surface area contributed by atoms with Crippen molar-refractivity contribution in [2.45, 2.75) is 64.2 Å². The highest BCUT2D eigenvalue weighted by Gasteiger charge is 2.29. The van der Waals surface area contributed by atoms with Gasteiger partial charge in [0.1, 0.15) is 6.33 Å². The highest BCUT2D eigenvalue weighted by Crippen LogP contribution is 2.25. The maximum atomic E-state index is 13.0. The second-order valence-corrected chi connectivity index (χ2v) is 8.85. The molecule has 1 amide bonds. The zero-order valence-electron chi connectivity index (χ0n) is 18.2. The summed E-state index contributed by atoms with van der Waals surface area (Å²) in [4.78, 5) is 29.1. The summed E-state index contributed by atoms with van der Waals surface area (Å²) in [5.41, 5.74) is 0.796. The number of hydrogen-bond acceptors (Lipinski definition) is 6. The zero-order chi connectivity index (χ0) is 22.0. The van der Waals surface area contributed by atoms with E-state index < -0.39 is 5.60 Å². The van der Waals surface area contributed by atoms with E-state index in [9.17, 15) is 9.90 Å². The third-order valence-corrected chi connectivity index (χ3v) is 6.21. The molecule has 166 valence electrons. The van der Waals surface area contributed by atoms with Crippen LogP contribution >= 0.6 is 0 Å². The lowest BCUT2D eigenvalue weighted by Gasteiger charge is -2.33. The summed E-state index contributed by atoms with van der Waals surface area (Å²) in [5, 5.41) is 13.5. The van der Waals surface area contributed by atoms with Crippen molar-refractivity contribution in [2.75, 3.05) is 6.61 Å². The van der Waals surface area contributed by atoms with Crippen molar-refractivity contribution in [1.82, 2.24) is 29.8 Å². The molecule has 3 aromatic heterocycles. The van der Waals surface area contributed by atoms with E-state index in [0.717, 1.165) is 25.7 Å². The Kier molecular flexibility index (Phi) is 6.06. The van der Waals surface area contributed by atoms with Gasteiger partial charge in [0, 0.05) is 24.6 Å². The highest BCUT2D eigenvalue weighted by atomic mass is 16.5. The lowest BCUT2D eigenvalue weighted by molar-refractivity contribution is -0.0941. The molecule has 1 saturated carbocycles. The molecule has 31 heavy (non-hydrogen) atoms. The third-order valence-electron chi connectivity index (χ3n) is 6.21. The van der Waals surface area contributed by atoms with E-state index in [1.807, 2.05) is 26.8 Å². The largest absolute Gasteiger partial charge is 0.388 e. The summed E-state index contributed by atoms with van der Waals surface area (Å²) in [6.45, 7) is 6.12. The average Bonchev–Trinajstić information content (AvgIpc) is 3.44. The fraction of sp³-hybridized carbons (Fsp3) is 0.545. The molecular weight excluding hydrogens is 396 g/mol. The molecule has 0 spiro atoms. The van der Waals surface area contributed by atoms with Crippen LogP contribution in [0.15, 0.2) is 31.0 Å². The molecule has 1 unspecified atom stereocenters. The minimum absolute atomic E-state index is 0.0645. The number of hydrogen-bond donors (Lipinski definition) is 3. The van der Waals surface area contributed by atoms with Crippen LogP contribution in [0, 0.1) is 5.92 Å². The van der Waals surface area contributed by atoms with Crippen molar-refractivity contribution in [3.63, 3.8) is 0 Å². The maximum Gasteiger partial charge on any atom is 0.272 e. The number of aromatic nitrogens is 5. The van der Waals surface area contributed by atoms with Crippen molar-refractivity contribution in [3.05, 3.63) is 36.7 Å². The van der Waals surface area contributed by atoms with Crippen LogP contribution in [-0.4, -0.2) is 59.9 Å². The van der Waals surface area contributed by atoms with Gasteiger partial charge in [-0.05, 0) is 44.6 Å². The molecular formula is C22H30N6O3. The Morgan fingerprint density at radius 1 is 1.35 bits per heavy atom. The number of ether oxygens (including phenoxy) is 1. The van der Waals surface area contributed by atoms with Gasteiger partial charge in [-0.25, -0.2) is 15.0 Å². The predicted molar refractivity (Wildman–Crippen MR) is 116 cm³/mol. The average molecular weight is 427 g/mol.